The third-order valence-electron chi connectivity index (χ3n) is 5.29. The molecule has 4 rings (SSSR count). The summed E-state index contributed by atoms with van der Waals surface area (Å²) in [7, 11) is 0. The van der Waals surface area contributed by atoms with Gasteiger partial charge in [-0.25, -0.2) is 19.4 Å². The van der Waals surface area contributed by atoms with Gasteiger partial charge in [-0.3, -0.25) is 5.32 Å². The number of carbonyl (C=O) groups excluding carboxylic acids is 1. The molecule has 1 saturated carbocycles. The van der Waals surface area contributed by atoms with Crippen LogP contribution in [0.2, 0.25) is 0 Å². The average molecular weight is 343 g/mol. The summed E-state index contributed by atoms with van der Waals surface area (Å²) in [6.45, 7) is 1.55. The highest BCUT2D eigenvalue weighted by atomic mass is 16.2. The lowest BCUT2D eigenvalue weighted by atomic mass is 9.96. The second-order valence-electron chi connectivity index (χ2n) is 7.02. The fourth-order valence-corrected chi connectivity index (χ4v) is 3.95. The summed E-state index contributed by atoms with van der Waals surface area (Å²) < 4.78 is 3.94. The Morgan fingerprint density at radius 1 is 1.16 bits per heavy atom. The van der Waals surface area contributed by atoms with Crippen LogP contribution < -0.4 is 5.32 Å². The fraction of sp³-hybridized carbons (Fsp3) is 0.647. The van der Waals surface area contributed by atoms with Crippen LogP contribution in [0.15, 0.2) is 25.0 Å². The number of urea groups is 1. The summed E-state index contributed by atoms with van der Waals surface area (Å²) in [6.07, 6.45) is 15.4. The first-order valence-corrected chi connectivity index (χ1v) is 9.24. The normalized spacial score (nSPS) is 21.6. The fourth-order valence-electron chi connectivity index (χ4n) is 3.95. The lowest BCUT2D eigenvalue weighted by Gasteiger charge is -2.24. The van der Waals surface area contributed by atoms with Crippen molar-refractivity contribution in [2.75, 3.05) is 11.9 Å². The Balaban J connectivity index is 1.37. The molecule has 0 aromatic carbocycles. The van der Waals surface area contributed by atoms with E-state index in [0.29, 0.717) is 12.0 Å². The van der Waals surface area contributed by atoms with E-state index in [0.717, 1.165) is 38.8 Å². The molecule has 1 aliphatic heterocycles. The molecule has 8 heteroatoms. The molecule has 1 atom stereocenters. The van der Waals surface area contributed by atoms with Gasteiger partial charge in [-0.05, 0) is 25.7 Å². The number of likely N-dealkylation sites (tertiary alicyclic amines) is 1. The summed E-state index contributed by atoms with van der Waals surface area (Å²) in [5, 5.41) is 7.35. The van der Waals surface area contributed by atoms with Gasteiger partial charge in [0.2, 0.25) is 5.95 Å². The minimum atomic E-state index is -0.107. The highest BCUT2D eigenvalue weighted by Gasteiger charge is 2.29. The van der Waals surface area contributed by atoms with Gasteiger partial charge < -0.3 is 9.47 Å². The molecule has 2 aliphatic rings. The van der Waals surface area contributed by atoms with Gasteiger partial charge in [-0.2, -0.15) is 0 Å². The van der Waals surface area contributed by atoms with Gasteiger partial charge >= 0.3 is 6.03 Å². The standard InChI is InChI=1S/C17H25N7O/c25-17(23-9-4-7-15(23)11-22-10-8-18-12-22)20-16-19-13-24(21-16)14-5-2-1-3-6-14/h8,10,12-15H,1-7,9,11H2,(H,20,21,25)/t15-/m1/s1. The monoisotopic (exact) mass is 343 g/mol. The van der Waals surface area contributed by atoms with Gasteiger partial charge in [0.25, 0.3) is 0 Å². The van der Waals surface area contributed by atoms with Crippen molar-refractivity contribution in [3.63, 3.8) is 0 Å². The Morgan fingerprint density at radius 2 is 2.04 bits per heavy atom. The minimum absolute atomic E-state index is 0.107. The van der Waals surface area contributed by atoms with Gasteiger partial charge in [-0.15, -0.1) is 5.10 Å². The molecule has 1 saturated heterocycles. The molecule has 0 radical (unpaired) electrons. The van der Waals surface area contributed by atoms with Crippen molar-refractivity contribution in [2.45, 2.75) is 63.6 Å². The molecule has 0 spiro atoms. The summed E-state index contributed by atoms with van der Waals surface area (Å²) in [4.78, 5) is 22.9. The molecule has 2 aromatic rings. The molecule has 1 N–H and O–H groups in total. The van der Waals surface area contributed by atoms with Crippen LogP contribution in [0.4, 0.5) is 10.7 Å². The summed E-state index contributed by atoms with van der Waals surface area (Å²) in [6, 6.07) is 0.506. The number of anilines is 1. The van der Waals surface area contributed by atoms with Gasteiger partial charge in [-0.1, -0.05) is 19.3 Å². The van der Waals surface area contributed by atoms with E-state index in [1.165, 1.54) is 19.3 Å². The summed E-state index contributed by atoms with van der Waals surface area (Å²) in [5.74, 6) is 0.406. The number of carbonyl (C=O) groups is 1. The van der Waals surface area contributed by atoms with Crippen molar-refractivity contribution in [1.29, 1.82) is 0 Å². The number of rotatable bonds is 4. The minimum Gasteiger partial charge on any atom is -0.335 e. The highest BCUT2D eigenvalue weighted by Crippen LogP contribution is 2.27. The van der Waals surface area contributed by atoms with Gasteiger partial charge in [0.05, 0.1) is 18.4 Å². The number of hydrogen-bond donors (Lipinski definition) is 1. The Morgan fingerprint density at radius 3 is 2.84 bits per heavy atom. The summed E-state index contributed by atoms with van der Waals surface area (Å²) >= 11 is 0. The smallest absolute Gasteiger partial charge is 0.324 e. The van der Waals surface area contributed by atoms with E-state index in [1.54, 1.807) is 18.9 Å². The number of nitrogens with zero attached hydrogens (tertiary/aromatic N) is 6. The Labute approximate surface area is 147 Å². The second kappa shape index (κ2) is 7.25. The van der Waals surface area contributed by atoms with E-state index in [1.807, 2.05) is 20.3 Å². The van der Waals surface area contributed by atoms with Crippen molar-refractivity contribution < 1.29 is 4.79 Å². The number of hydrogen-bond acceptors (Lipinski definition) is 4. The highest BCUT2D eigenvalue weighted by molar-refractivity contribution is 5.87. The van der Waals surface area contributed by atoms with Crippen LogP contribution in [0.3, 0.4) is 0 Å². The Bertz CT molecular complexity index is 690. The van der Waals surface area contributed by atoms with Crippen molar-refractivity contribution in [3.8, 4) is 0 Å². The summed E-state index contributed by atoms with van der Waals surface area (Å²) in [5.41, 5.74) is 0. The number of amides is 2. The number of aromatic nitrogens is 5. The zero-order chi connectivity index (χ0) is 17.1. The molecular weight excluding hydrogens is 318 g/mol. The Hall–Kier alpha value is -2.38. The van der Waals surface area contributed by atoms with Crippen LogP contribution in [-0.2, 0) is 6.54 Å². The quantitative estimate of drug-likeness (QED) is 0.925. The Kier molecular flexibility index (Phi) is 4.67. The maximum Gasteiger partial charge on any atom is 0.324 e. The van der Waals surface area contributed by atoms with Crippen molar-refractivity contribution in [1.82, 2.24) is 29.2 Å². The number of imidazole rings is 1. The van der Waals surface area contributed by atoms with Crippen molar-refractivity contribution >= 4 is 12.0 Å². The molecule has 2 fully saturated rings. The first-order valence-electron chi connectivity index (χ1n) is 9.24. The molecule has 3 heterocycles. The largest absolute Gasteiger partial charge is 0.335 e. The molecule has 0 unspecified atom stereocenters. The van der Waals surface area contributed by atoms with E-state index < -0.39 is 0 Å². The zero-order valence-corrected chi connectivity index (χ0v) is 14.4. The topological polar surface area (TPSA) is 80.9 Å². The van der Waals surface area contributed by atoms with Gasteiger partial charge in [0.1, 0.15) is 6.33 Å². The van der Waals surface area contributed by atoms with Crippen molar-refractivity contribution in [3.05, 3.63) is 25.0 Å². The van der Waals surface area contributed by atoms with E-state index in [2.05, 4.69) is 20.4 Å². The first-order chi connectivity index (χ1) is 12.3. The second-order valence-corrected chi connectivity index (χ2v) is 7.02. The van der Waals surface area contributed by atoms with Crippen molar-refractivity contribution in [2.24, 2.45) is 0 Å². The molecule has 2 amide bonds. The van der Waals surface area contributed by atoms with E-state index in [9.17, 15) is 4.79 Å². The SMILES string of the molecule is O=C(Nc1ncn(C2CCCCC2)n1)N1CCC[C@@H]1Cn1ccnc1. The molecular formula is C17H25N7O. The van der Waals surface area contributed by atoms with Crippen LogP contribution in [0.1, 0.15) is 51.0 Å². The molecule has 1 aliphatic carbocycles. The average Bonchev–Trinajstić information content (AvgIpc) is 3.38. The van der Waals surface area contributed by atoms with E-state index in [4.69, 9.17) is 0 Å². The van der Waals surface area contributed by atoms with Crippen LogP contribution in [0.25, 0.3) is 0 Å². The molecule has 0 bridgehead atoms. The molecule has 8 nitrogen and oxygen atoms in total. The molecule has 2 aromatic heterocycles. The van der Waals surface area contributed by atoms with Crippen LogP contribution in [0, 0.1) is 0 Å². The maximum atomic E-state index is 12.6. The van der Waals surface area contributed by atoms with Gasteiger partial charge in [0.15, 0.2) is 0 Å². The van der Waals surface area contributed by atoms with Crippen LogP contribution in [0.5, 0.6) is 0 Å². The lowest BCUT2D eigenvalue weighted by molar-refractivity contribution is 0.201. The van der Waals surface area contributed by atoms with Crippen LogP contribution >= 0.6 is 0 Å². The van der Waals surface area contributed by atoms with Gasteiger partial charge in [0, 0.05) is 25.5 Å². The van der Waals surface area contributed by atoms with Crippen LogP contribution in [-0.4, -0.2) is 47.8 Å². The third-order valence-corrected chi connectivity index (χ3v) is 5.29. The number of nitrogens with one attached hydrogen (secondary N) is 1. The maximum absolute atomic E-state index is 12.6. The molecule has 134 valence electrons. The lowest BCUT2D eigenvalue weighted by Crippen LogP contribution is -2.40. The predicted molar refractivity (Wildman–Crippen MR) is 93.1 cm³/mol. The predicted octanol–water partition coefficient (Wildman–Crippen LogP) is 2.68. The van der Waals surface area contributed by atoms with E-state index >= 15 is 0 Å². The third kappa shape index (κ3) is 3.67. The van der Waals surface area contributed by atoms with E-state index in [-0.39, 0.29) is 12.1 Å². The molecule has 25 heavy (non-hydrogen) atoms. The first kappa shape index (κ1) is 16.1. The zero-order valence-electron chi connectivity index (χ0n) is 14.4.